The third-order valence-corrected chi connectivity index (χ3v) is 4.01. The Bertz CT molecular complexity index is 470. The lowest BCUT2D eigenvalue weighted by atomic mass is 9.96. The van der Waals surface area contributed by atoms with Crippen LogP contribution < -0.4 is 15.8 Å². The van der Waals surface area contributed by atoms with Gasteiger partial charge in [-0.3, -0.25) is 0 Å². The number of nitrogens with zero attached hydrogens (tertiary/aromatic N) is 1. The second-order valence-corrected chi connectivity index (χ2v) is 5.51. The van der Waals surface area contributed by atoms with Crippen molar-refractivity contribution in [3.63, 3.8) is 0 Å². The third kappa shape index (κ3) is 4.04. The first kappa shape index (κ1) is 15.0. The van der Waals surface area contributed by atoms with Crippen molar-refractivity contribution in [3.05, 3.63) is 28.8 Å². The highest BCUT2D eigenvalue weighted by Crippen LogP contribution is 2.26. The van der Waals surface area contributed by atoms with Crippen molar-refractivity contribution in [1.29, 1.82) is 0 Å². The molecule has 0 bridgehead atoms. The molecule has 20 heavy (non-hydrogen) atoms. The molecule has 1 aromatic carbocycles. The lowest BCUT2D eigenvalue weighted by Crippen LogP contribution is -2.41. The molecule has 0 saturated heterocycles. The van der Waals surface area contributed by atoms with Crippen LogP contribution in [0.3, 0.4) is 0 Å². The van der Waals surface area contributed by atoms with E-state index in [-0.39, 0.29) is 0 Å². The summed E-state index contributed by atoms with van der Waals surface area (Å²) >= 11 is 6.17. The third-order valence-electron chi connectivity index (χ3n) is 3.66. The van der Waals surface area contributed by atoms with Crippen molar-refractivity contribution in [1.82, 2.24) is 5.32 Å². The van der Waals surface area contributed by atoms with Gasteiger partial charge >= 0.3 is 0 Å². The summed E-state index contributed by atoms with van der Waals surface area (Å²) in [6.07, 6.45) is 6.20. The van der Waals surface area contributed by atoms with Gasteiger partial charge < -0.3 is 15.8 Å². The fourth-order valence-electron chi connectivity index (χ4n) is 2.55. The topological polar surface area (TPSA) is 59.6 Å². The molecule has 0 spiro atoms. The van der Waals surface area contributed by atoms with Crippen molar-refractivity contribution in [2.45, 2.75) is 44.7 Å². The zero-order valence-electron chi connectivity index (χ0n) is 11.9. The summed E-state index contributed by atoms with van der Waals surface area (Å²) in [4.78, 5) is 4.38. The number of rotatable bonds is 4. The van der Waals surface area contributed by atoms with Crippen LogP contribution in [0.15, 0.2) is 23.2 Å². The quantitative estimate of drug-likeness (QED) is 0.663. The van der Waals surface area contributed by atoms with E-state index in [1.54, 1.807) is 7.11 Å². The molecule has 1 aliphatic rings. The smallest absolute Gasteiger partial charge is 0.189 e. The first-order valence-corrected chi connectivity index (χ1v) is 7.46. The molecule has 1 aromatic rings. The normalized spacial score (nSPS) is 17.0. The summed E-state index contributed by atoms with van der Waals surface area (Å²) < 4.78 is 5.29. The molecule has 5 heteroatoms. The number of ether oxygens (including phenoxy) is 1. The van der Waals surface area contributed by atoms with Gasteiger partial charge in [-0.2, -0.15) is 0 Å². The second kappa shape index (κ2) is 7.39. The molecule has 0 atom stereocenters. The molecule has 0 heterocycles. The van der Waals surface area contributed by atoms with E-state index >= 15 is 0 Å². The summed E-state index contributed by atoms with van der Waals surface area (Å²) in [6.45, 7) is 0.425. The Balaban J connectivity index is 1.97. The number of hydrogen-bond donors (Lipinski definition) is 2. The number of nitrogens with two attached hydrogens (primary N) is 1. The van der Waals surface area contributed by atoms with Gasteiger partial charge in [0.05, 0.1) is 13.7 Å². The maximum Gasteiger partial charge on any atom is 0.189 e. The summed E-state index contributed by atoms with van der Waals surface area (Å²) in [5.74, 6) is 1.23. The number of aliphatic imine (C=N–C) groups is 1. The summed E-state index contributed by atoms with van der Waals surface area (Å²) in [7, 11) is 1.63. The number of benzene rings is 1. The lowest BCUT2D eigenvalue weighted by Gasteiger charge is -2.23. The van der Waals surface area contributed by atoms with Crippen molar-refractivity contribution in [2.75, 3.05) is 7.11 Å². The summed E-state index contributed by atoms with van der Waals surface area (Å²) in [6, 6.07) is 6.03. The Morgan fingerprint density at radius 2 is 2.15 bits per heavy atom. The van der Waals surface area contributed by atoms with E-state index in [0.717, 1.165) is 11.3 Å². The van der Waals surface area contributed by atoms with Crippen LogP contribution >= 0.6 is 11.6 Å². The average Bonchev–Trinajstić information content (AvgIpc) is 2.46. The van der Waals surface area contributed by atoms with Gasteiger partial charge in [-0.25, -0.2) is 4.99 Å². The molecule has 0 aliphatic heterocycles. The SMILES string of the molecule is COc1cccc(Cl)c1CN=C(N)NC1CCCCC1. The molecule has 0 unspecified atom stereocenters. The summed E-state index contributed by atoms with van der Waals surface area (Å²) in [5, 5.41) is 3.94. The van der Waals surface area contributed by atoms with Crippen molar-refractivity contribution < 1.29 is 4.74 Å². The van der Waals surface area contributed by atoms with Crippen LogP contribution in [0.5, 0.6) is 5.75 Å². The minimum Gasteiger partial charge on any atom is -0.496 e. The first-order valence-electron chi connectivity index (χ1n) is 7.08. The van der Waals surface area contributed by atoms with Gasteiger partial charge in [0.2, 0.25) is 0 Å². The van der Waals surface area contributed by atoms with Crippen molar-refractivity contribution >= 4 is 17.6 Å². The van der Waals surface area contributed by atoms with E-state index in [4.69, 9.17) is 22.1 Å². The van der Waals surface area contributed by atoms with Gasteiger partial charge in [0, 0.05) is 16.6 Å². The van der Waals surface area contributed by atoms with Crippen LogP contribution in [0.4, 0.5) is 0 Å². The van der Waals surface area contributed by atoms with Gasteiger partial charge in [0.15, 0.2) is 5.96 Å². The van der Waals surface area contributed by atoms with Crippen LogP contribution in [0.25, 0.3) is 0 Å². The highest BCUT2D eigenvalue weighted by molar-refractivity contribution is 6.31. The minimum absolute atomic E-state index is 0.425. The van der Waals surface area contributed by atoms with Crippen LogP contribution in [-0.4, -0.2) is 19.1 Å². The summed E-state index contributed by atoms with van der Waals surface area (Å²) in [5.41, 5.74) is 6.81. The van der Waals surface area contributed by atoms with Gasteiger partial charge in [-0.15, -0.1) is 0 Å². The Labute approximate surface area is 125 Å². The molecule has 0 amide bonds. The Kier molecular flexibility index (Phi) is 5.53. The van der Waals surface area contributed by atoms with E-state index in [1.807, 2.05) is 18.2 Å². The molecule has 2 rings (SSSR count). The maximum absolute atomic E-state index is 6.17. The molecule has 1 fully saturated rings. The van der Waals surface area contributed by atoms with Crippen LogP contribution in [-0.2, 0) is 6.54 Å². The minimum atomic E-state index is 0.425. The monoisotopic (exact) mass is 295 g/mol. The largest absolute Gasteiger partial charge is 0.496 e. The molecule has 4 nitrogen and oxygen atoms in total. The first-order chi connectivity index (χ1) is 9.70. The molecule has 110 valence electrons. The predicted octanol–water partition coefficient (Wildman–Crippen LogP) is 3.09. The second-order valence-electron chi connectivity index (χ2n) is 5.10. The Morgan fingerprint density at radius 3 is 2.85 bits per heavy atom. The fourth-order valence-corrected chi connectivity index (χ4v) is 2.78. The fraction of sp³-hybridized carbons (Fsp3) is 0.533. The van der Waals surface area contributed by atoms with E-state index in [0.29, 0.717) is 23.6 Å². The van der Waals surface area contributed by atoms with Crippen molar-refractivity contribution in [3.8, 4) is 5.75 Å². The molecule has 1 aliphatic carbocycles. The molecule has 3 N–H and O–H groups in total. The van der Waals surface area contributed by atoms with E-state index in [2.05, 4.69) is 10.3 Å². The highest BCUT2D eigenvalue weighted by atomic mass is 35.5. The number of hydrogen-bond acceptors (Lipinski definition) is 2. The number of guanidine groups is 1. The van der Waals surface area contributed by atoms with Gasteiger partial charge in [0.1, 0.15) is 5.75 Å². The van der Waals surface area contributed by atoms with Gasteiger partial charge in [0.25, 0.3) is 0 Å². The Morgan fingerprint density at radius 1 is 1.40 bits per heavy atom. The zero-order chi connectivity index (χ0) is 14.4. The lowest BCUT2D eigenvalue weighted by molar-refractivity contribution is 0.409. The molecular formula is C15H22ClN3O. The van der Waals surface area contributed by atoms with Crippen LogP contribution in [0.2, 0.25) is 5.02 Å². The van der Waals surface area contributed by atoms with Crippen LogP contribution in [0, 0.1) is 0 Å². The predicted molar refractivity (Wildman–Crippen MR) is 83.3 cm³/mol. The van der Waals surface area contributed by atoms with E-state index in [1.165, 1.54) is 32.1 Å². The molecule has 0 radical (unpaired) electrons. The highest BCUT2D eigenvalue weighted by Gasteiger charge is 2.13. The molecule has 1 saturated carbocycles. The zero-order valence-corrected chi connectivity index (χ0v) is 12.6. The van der Waals surface area contributed by atoms with Gasteiger partial charge in [-0.05, 0) is 25.0 Å². The number of methoxy groups -OCH3 is 1. The van der Waals surface area contributed by atoms with Crippen LogP contribution in [0.1, 0.15) is 37.7 Å². The maximum atomic E-state index is 6.17. The molecular weight excluding hydrogens is 274 g/mol. The van der Waals surface area contributed by atoms with E-state index in [9.17, 15) is 0 Å². The Hall–Kier alpha value is -1.42. The van der Waals surface area contributed by atoms with E-state index < -0.39 is 0 Å². The number of halogens is 1. The van der Waals surface area contributed by atoms with Crippen molar-refractivity contribution in [2.24, 2.45) is 10.7 Å². The molecule has 0 aromatic heterocycles. The number of nitrogens with one attached hydrogen (secondary N) is 1. The van der Waals surface area contributed by atoms with Gasteiger partial charge in [-0.1, -0.05) is 36.9 Å². The standard InChI is InChI=1S/C15H22ClN3O/c1-20-14-9-5-8-13(16)12(14)10-18-15(17)19-11-6-3-2-4-7-11/h5,8-9,11H,2-4,6-7,10H2,1H3,(H3,17,18,19). The average molecular weight is 296 g/mol.